The first kappa shape index (κ1) is 20.8. The number of hydrogen-bond acceptors (Lipinski definition) is 5. The van der Waals surface area contributed by atoms with Crippen LogP contribution in [-0.2, 0) is 6.54 Å². The van der Waals surface area contributed by atoms with Crippen LogP contribution in [0, 0.1) is 0 Å². The number of amides is 1. The van der Waals surface area contributed by atoms with Crippen molar-refractivity contribution in [3.05, 3.63) is 83.1 Å². The fourth-order valence-electron chi connectivity index (χ4n) is 3.03. The van der Waals surface area contributed by atoms with Gasteiger partial charge in [-0.25, -0.2) is 4.98 Å². The van der Waals surface area contributed by atoms with Crippen molar-refractivity contribution in [2.24, 2.45) is 0 Å². The number of thioether (sulfide) groups is 1. The number of benzene rings is 2. The molecular weight excluding hydrogens is 434 g/mol. The van der Waals surface area contributed by atoms with Gasteiger partial charge < -0.3 is 0 Å². The van der Waals surface area contributed by atoms with Crippen molar-refractivity contribution in [2.75, 3.05) is 4.90 Å². The molecule has 2 heterocycles. The Hall–Kier alpha value is -2.41. The summed E-state index contributed by atoms with van der Waals surface area (Å²) in [4.78, 5) is 25.2. The molecule has 0 unspecified atom stereocenters. The van der Waals surface area contributed by atoms with Gasteiger partial charge in [0.05, 0.1) is 16.8 Å². The van der Waals surface area contributed by atoms with Crippen LogP contribution in [0.3, 0.4) is 0 Å². The number of aromatic nitrogens is 2. The van der Waals surface area contributed by atoms with E-state index >= 15 is 0 Å². The number of carbonyl (C=O) groups excluding carboxylic acids is 1. The molecule has 4 nitrogen and oxygen atoms in total. The Morgan fingerprint density at radius 2 is 1.93 bits per heavy atom. The van der Waals surface area contributed by atoms with Crippen LogP contribution in [0.2, 0.25) is 5.02 Å². The molecule has 0 aliphatic rings. The zero-order valence-electron chi connectivity index (χ0n) is 16.6. The minimum atomic E-state index is -0.0804. The second kappa shape index (κ2) is 9.16. The first-order chi connectivity index (χ1) is 14.5. The van der Waals surface area contributed by atoms with E-state index in [1.54, 1.807) is 29.1 Å². The van der Waals surface area contributed by atoms with E-state index in [2.05, 4.69) is 18.8 Å². The number of pyridine rings is 1. The van der Waals surface area contributed by atoms with Crippen molar-refractivity contribution in [1.82, 2.24) is 9.97 Å². The van der Waals surface area contributed by atoms with Gasteiger partial charge in [-0.3, -0.25) is 14.7 Å². The minimum Gasteiger partial charge on any atom is -0.279 e. The first-order valence-corrected chi connectivity index (χ1v) is 11.6. The predicted octanol–water partition coefficient (Wildman–Crippen LogP) is 6.69. The van der Waals surface area contributed by atoms with Gasteiger partial charge in [-0.2, -0.15) is 0 Å². The standard InChI is InChI=1S/C23H20ClN3OS2/c1-15(2)29-19-5-3-4-17(12-19)22(28)27(14-16-8-10-25-11-9-16)23-26-20-7-6-18(24)13-21(20)30-23/h3-13,15H,14H2,1-2H3. The molecule has 30 heavy (non-hydrogen) atoms. The molecule has 2 aromatic carbocycles. The van der Waals surface area contributed by atoms with E-state index in [0.29, 0.717) is 27.5 Å². The van der Waals surface area contributed by atoms with Gasteiger partial charge in [0.15, 0.2) is 5.13 Å². The molecule has 0 saturated carbocycles. The Morgan fingerprint density at radius 1 is 1.13 bits per heavy atom. The molecule has 4 aromatic rings. The summed E-state index contributed by atoms with van der Waals surface area (Å²) in [6.45, 7) is 4.69. The highest BCUT2D eigenvalue weighted by molar-refractivity contribution is 7.99. The molecule has 4 rings (SSSR count). The van der Waals surface area contributed by atoms with E-state index < -0.39 is 0 Å². The van der Waals surface area contributed by atoms with Crippen molar-refractivity contribution in [3.63, 3.8) is 0 Å². The number of rotatable bonds is 6. The van der Waals surface area contributed by atoms with E-state index in [1.807, 2.05) is 54.6 Å². The summed E-state index contributed by atoms with van der Waals surface area (Å²) >= 11 is 9.35. The van der Waals surface area contributed by atoms with Crippen LogP contribution in [0.15, 0.2) is 71.9 Å². The molecule has 0 N–H and O–H groups in total. The van der Waals surface area contributed by atoms with E-state index in [4.69, 9.17) is 16.6 Å². The molecule has 0 aliphatic carbocycles. The molecule has 2 aromatic heterocycles. The Labute approximate surface area is 188 Å². The zero-order valence-corrected chi connectivity index (χ0v) is 19.0. The van der Waals surface area contributed by atoms with Gasteiger partial charge in [0.2, 0.25) is 0 Å². The number of carbonyl (C=O) groups is 1. The fourth-order valence-corrected chi connectivity index (χ4v) is 5.17. The van der Waals surface area contributed by atoms with Crippen LogP contribution in [0.4, 0.5) is 5.13 Å². The first-order valence-electron chi connectivity index (χ1n) is 9.53. The Bertz CT molecular complexity index is 1180. The van der Waals surface area contributed by atoms with Crippen LogP contribution in [-0.4, -0.2) is 21.1 Å². The second-order valence-corrected chi connectivity index (χ2v) is 10.1. The summed E-state index contributed by atoms with van der Waals surface area (Å²) in [5, 5.41) is 1.75. The number of thiazole rings is 1. The maximum absolute atomic E-state index is 13.6. The van der Waals surface area contributed by atoms with Crippen molar-refractivity contribution in [1.29, 1.82) is 0 Å². The molecule has 0 aliphatic heterocycles. The molecule has 1 amide bonds. The molecule has 7 heteroatoms. The summed E-state index contributed by atoms with van der Waals surface area (Å²) < 4.78 is 0.953. The van der Waals surface area contributed by atoms with E-state index in [9.17, 15) is 4.79 Å². The molecule has 0 saturated heterocycles. The van der Waals surface area contributed by atoms with Gasteiger partial charge in [0, 0.05) is 33.1 Å². The SMILES string of the molecule is CC(C)Sc1cccc(C(=O)N(Cc2ccncc2)c2nc3ccc(Cl)cc3s2)c1. The van der Waals surface area contributed by atoms with Crippen LogP contribution in [0.1, 0.15) is 29.8 Å². The van der Waals surface area contributed by atoms with Gasteiger partial charge in [-0.15, -0.1) is 11.8 Å². The topological polar surface area (TPSA) is 46.1 Å². The molecular formula is C23H20ClN3OS2. The van der Waals surface area contributed by atoms with E-state index in [1.165, 1.54) is 11.3 Å². The van der Waals surface area contributed by atoms with E-state index in [-0.39, 0.29) is 5.91 Å². The smallest absolute Gasteiger partial charge is 0.260 e. The van der Waals surface area contributed by atoms with Crippen molar-refractivity contribution in [3.8, 4) is 0 Å². The van der Waals surface area contributed by atoms with Gasteiger partial charge in [0.1, 0.15) is 0 Å². The number of nitrogens with zero attached hydrogens (tertiary/aromatic N) is 3. The molecule has 0 atom stereocenters. The highest BCUT2D eigenvalue weighted by Crippen LogP contribution is 2.33. The number of halogens is 1. The highest BCUT2D eigenvalue weighted by atomic mass is 35.5. The van der Waals surface area contributed by atoms with Gasteiger partial charge >= 0.3 is 0 Å². The van der Waals surface area contributed by atoms with Gasteiger partial charge in [-0.05, 0) is 54.1 Å². The third kappa shape index (κ3) is 4.83. The average molecular weight is 454 g/mol. The largest absolute Gasteiger partial charge is 0.279 e. The Morgan fingerprint density at radius 3 is 2.70 bits per heavy atom. The third-order valence-corrected chi connectivity index (χ3v) is 6.63. The van der Waals surface area contributed by atoms with Crippen LogP contribution >= 0.6 is 34.7 Å². The number of anilines is 1. The lowest BCUT2D eigenvalue weighted by atomic mass is 10.2. The number of fused-ring (bicyclic) bond motifs is 1. The zero-order chi connectivity index (χ0) is 21.1. The minimum absolute atomic E-state index is 0.0804. The lowest BCUT2D eigenvalue weighted by molar-refractivity contribution is 0.0985. The van der Waals surface area contributed by atoms with Gasteiger partial charge in [-0.1, -0.05) is 42.9 Å². The summed E-state index contributed by atoms with van der Waals surface area (Å²) in [6, 6.07) is 17.2. The lowest BCUT2D eigenvalue weighted by Crippen LogP contribution is -2.30. The average Bonchev–Trinajstić information content (AvgIpc) is 3.15. The molecule has 0 spiro atoms. The number of hydrogen-bond donors (Lipinski definition) is 0. The Balaban J connectivity index is 1.73. The summed E-state index contributed by atoms with van der Waals surface area (Å²) in [5.41, 5.74) is 2.46. The van der Waals surface area contributed by atoms with Crippen LogP contribution in [0.25, 0.3) is 10.2 Å². The van der Waals surface area contributed by atoms with Crippen LogP contribution in [0.5, 0.6) is 0 Å². The van der Waals surface area contributed by atoms with Crippen molar-refractivity contribution >= 4 is 56.0 Å². The van der Waals surface area contributed by atoms with Crippen molar-refractivity contribution in [2.45, 2.75) is 30.5 Å². The van der Waals surface area contributed by atoms with Crippen molar-refractivity contribution < 1.29 is 4.79 Å². The third-order valence-electron chi connectivity index (χ3n) is 4.36. The molecule has 0 bridgehead atoms. The predicted molar refractivity (Wildman–Crippen MR) is 127 cm³/mol. The second-order valence-electron chi connectivity index (χ2n) is 7.05. The maximum Gasteiger partial charge on any atom is 0.260 e. The molecule has 0 radical (unpaired) electrons. The fraction of sp³-hybridized carbons (Fsp3) is 0.174. The lowest BCUT2D eigenvalue weighted by Gasteiger charge is -2.20. The van der Waals surface area contributed by atoms with Gasteiger partial charge in [0.25, 0.3) is 5.91 Å². The summed E-state index contributed by atoms with van der Waals surface area (Å²) in [7, 11) is 0. The highest BCUT2D eigenvalue weighted by Gasteiger charge is 2.22. The summed E-state index contributed by atoms with van der Waals surface area (Å²) in [6.07, 6.45) is 3.46. The molecule has 152 valence electrons. The molecule has 0 fully saturated rings. The maximum atomic E-state index is 13.6. The summed E-state index contributed by atoms with van der Waals surface area (Å²) in [5.74, 6) is -0.0804. The monoisotopic (exact) mass is 453 g/mol. The van der Waals surface area contributed by atoms with Crippen LogP contribution < -0.4 is 4.90 Å². The Kier molecular flexibility index (Phi) is 6.37. The normalized spacial score (nSPS) is 11.2. The quantitative estimate of drug-likeness (QED) is 0.305. The van der Waals surface area contributed by atoms with E-state index in [0.717, 1.165) is 20.7 Å².